The molecule has 0 aliphatic rings. The third-order valence-electron chi connectivity index (χ3n) is 3.80. The van der Waals surface area contributed by atoms with Crippen LogP contribution in [-0.4, -0.2) is 51.2 Å². The van der Waals surface area contributed by atoms with E-state index in [0.717, 1.165) is 19.6 Å². The summed E-state index contributed by atoms with van der Waals surface area (Å²) in [6, 6.07) is 7.82. The lowest BCUT2D eigenvalue weighted by Crippen LogP contribution is -2.25. The van der Waals surface area contributed by atoms with Crippen molar-refractivity contribution >= 4 is 24.1 Å². The molecule has 0 aliphatic carbocycles. The summed E-state index contributed by atoms with van der Waals surface area (Å²) in [5, 5.41) is 0. The zero-order chi connectivity index (χ0) is 17.1. The Morgan fingerprint density at radius 2 is 1.50 bits per heavy atom. The minimum Gasteiger partial charge on any atom is -0.461 e. The molecule has 0 aliphatic heterocycles. The quantitative estimate of drug-likeness (QED) is 0.555. The molecule has 138 valence electrons. The van der Waals surface area contributed by atoms with Crippen molar-refractivity contribution in [2.45, 2.75) is 39.5 Å². The van der Waals surface area contributed by atoms with Gasteiger partial charge in [-0.3, -0.25) is 0 Å². The molecule has 0 heterocycles. The van der Waals surface area contributed by atoms with Crippen molar-refractivity contribution in [1.82, 2.24) is 4.90 Å². The maximum Gasteiger partial charge on any atom is 0.338 e. The van der Waals surface area contributed by atoms with E-state index in [9.17, 15) is 4.79 Å². The predicted molar refractivity (Wildman–Crippen MR) is 105 cm³/mol. The summed E-state index contributed by atoms with van der Waals surface area (Å²) in [7, 11) is 3.92. The fourth-order valence-corrected chi connectivity index (χ4v) is 2.28. The lowest BCUT2D eigenvalue weighted by molar-refractivity contribution is 0.0482. The van der Waals surface area contributed by atoms with Crippen LogP contribution in [0.1, 0.15) is 49.9 Å². The van der Waals surface area contributed by atoms with Gasteiger partial charge < -0.3 is 14.5 Å². The van der Waals surface area contributed by atoms with Crippen molar-refractivity contribution in [3.8, 4) is 0 Å². The largest absolute Gasteiger partial charge is 0.461 e. The van der Waals surface area contributed by atoms with Gasteiger partial charge in [-0.05, 0) is 51.2 Å². The van der Waals surface area contributed by atoms with Gasteiger partial charge in [0.2, 0.25) is 0 Å². The van der Waals surface area contributed by atoms with Gasteiger partial charge in [-0.15, -0.1) is 12.4 Å². The molecule has 4 nitrogen and oxygen atoms in total. The molecule has 5 heteroatoms. The van der Waals surface area contributed by atoms with Crippen LogP contribution in [0.5, 0.6) is 0 Å². The number of nitrogens with zero attached hydrogens (tertiary/aromatic N) is 2. The fraction of sp³-hybridized carbons (Fsp3) is 0.632. The molecule has 1 aromatic rings. The summed E-state index contributed by atoms with van der Waals surface area (Å²) in [6.07, 6.45) is 4.77. The van der Waals surface area contributed by atoms with Gasteiger partial charge in [0.1, 0.15) is 6.61 Å². The Morgan fingerprint density at radius 1 is 0.958 bits per heavy atom. The average molecular weight is 357 g/mol. The van der Waals surface area contributed by atoms with E-state index < -0.39 is 0 Å². The number of benzene rings is 1. The number of likely N-dealkylation sites (N-methyl/N-ethyl adjacent to an activating group) is 1. The number of carbonyl (C=O) groups excluding carboxylic acids is 1. The van der Waals surface area contributed by atoms with Crippen molar-refractivity contribution < 1.29 is 9.53 Å². The summed E-state index contributed by atoms with van der Waals surface area (Å²) < 4.78 is 5.27. The van der Waals surface area contributed by atoms with Gasteiger partial charge in [0.05, 0.1) is 5.56 Å². The number of unbranched alkanes of at least 4 members (excludes halogenated alkanes) is 2. The first-order valence-electron chi connectivity index (χ1n) is 8.75. The number of anilines is 1. The van der Waals surface area contributed by atoms with Crippen molar-refractivity contribution in [2.75, 3.05) is 45.2 Å². The fourth-order valence-electron chi connectivity index (χ4n) is 2.28. The number of hydrogen-bond donors (Lipinski definition) is 0. The summed E-state index contributed by atoms with van der Waals surface area (Å²) in [5.74, 6) is -0.243. The second-order valence-electron chi connectivity index (χ2n) is 6.18. The van der Waals surface area contributed by atoms with E-state index in [-0.39, 0.29) is 18.4 Å². The third-order valence-corrected chi connectivity index (χ3v) is 3.80. The standard InChI is InChI=1S/C19H32N2O2.ClH/c1-5-7-13-21(14-8-6-2)18-11-9-17(10-12-18)19(22)23-16-15-20(3)4;/h9-12H,5-8,13-16H2,1-4H3;1H. The van der Waals surface area contributed by atoms with Gasteiger partial charge in [-0.25, -0.2) is 4.79 Å². The Labute approximate surface area is 153 Å². The van der Waals surface area contributed by atoms with Crippen LogP contribution in [0.15, 0.2) is 24.3 Å². The highest BCUT2D eigenvalue weighted by molar-refractivity contribution is 5.89. The van der Waals surface area contributed by atoms with Crippen molar-refractivity contribution in [2.24, 2.45) is 0 Å². The highest BCUT2D eigenvalue weighted by atomic mass is 35.5. The van der Waals surface area contributed by atoms with Gasteiger partial charge in [-0.1, -0.05) is 26.7 Å². The summed E-state index contributed by atoms with van der Waals surface area (Å²) in [5.41, 5.74) is 1.81. The molecule has 1 aromatic carbocycles. The number of carbonyl (C=O) groups is 1. The van der Waals surface area contributed by atoms with Crippen molar-refractivity contribution in [3.05, 3.63) is 29.8 Å². The molecule has 0 saturated heterocycles. The summed E-state index contributed by atoms with van der Waals surface area (Å²) in [6.45, 7) is 7.74. The molecule has 0 spiro atoms. The minimum atomic E-state index is -0.243. The number of ether oxygens (including phenoxy) is 1. The average Bonchev–Trinajstić information content (AvgIpc) is 2.55. The van der Waals surface area contributed by atoms with E-state index in [0.29, 0.717) is 12.2 Å². The van der Waals surface area contributed by atoms with Gasteiger partial charge in [-0.2, -0.15) is 0 Å². The van der Waals surface area contributed by atoms with Crippen LogP contribution in [-0.2, 0) is 4.74 Å². The van der Waals surface area contributed by atoms with E-state index in [1.807, 2.05) is 43.3 Å². The Hall–Kier alpha value is -1.26. The molecule has 0 amide bonds. The first-order chi connectivity index (χ1) is 11.1. The topological polar surface area (TPSA) is 32.8 Å². The molecule has 0 atom stereocenters. The number of esters is 1. The Kier molecular flexibility index (Phi) is 12.4. The van der Waals surface area contributed by atoms with Gasteiger partial charge in [0.15, 0.2) is 0 Å². The van der Waals surface area contributed by atoms with Gasteiger partial charge in [0, 0.05) is 25.3 Å². The van der Waals surface area contributed by atoms with Gasteiger partial charge >= 0.3 is 5.97 Å². The van der Waals surface area contributed by atoms with E-state index in [1.165, 1.54) is 31.4 Å². The van der Waals surface area contributed by atoms with E-state index in [1.54, 1.807) is 0 Å². The molecule has 0 bridgehead atoms. The van der Waals surface area contributed by atoms with Crippen LogP contribution in [0.3, 0.4) is 0 Å². The first kappa shape index (κ1) is 22.7. The van der Waals surface area contributed by atoms with E-state index in [2.05, 4.69) is 18.7 Å². The predicted octanol–water partition coefficient (Wildman–Crippen LogP) is 4.23. The molecule has 0 fully saturated rings. The van der Waals surface area contributed by atoms with Crippen LogP contribution in [0, 0.1) is 0 Å². The SMILES string of the molecule is CCCCN(CCCC)c1ccc(C(=O)OCCN(C)C)cc1.Cl. The second kappa shape index (κ2) is 13.1. The lowest BCUT2D eigenvalue weighted by atomic mass is 10.1. The molecule has 24 heavy (non-hydrogen) atoms. The smallest absolute Gasteiger partial charge is 0.338 e. The van der Waals surface area contributed by atoms with Crippen molar-refractivity contribution in [3.63, 3.8) is 0 Å². The molecule has 0 radical (unpaired) electrons. The van der Waals surface area contributed by atoms with Crippen LogP contribution >= 0.6 is 12.4 Å². The van der Waals surface area contributed by atoms with Crippen LogP contribution in [0.2, 0.25) is 0 Å². The Bertz CT molecular complexity index is 441. The normalized spacial score (nSPS) is 10.4. The monoisotopic (exact) mass is 356 g/mol. The van der Waals surface area contributed by atoms with Crippen LogP contribution in [0.4, 0.5) is 5.69 Å². The van der Waals surface area contributed by atoms with Crippen LogP contribution < -0.4 is 4.90 Å². The van der Waals surface area contributed by atoms with Crippen molar-refractivity contribution in [1.29, 1.82) is 0 Å². The van der Waals surface area contributed by atoms with E-state index >= 15 is 0 Å². The zero-order valence-corrected chi connectivity index (χ0v) is 16.4. The number of halogens is 1. The minimum absolute atomic E-state index is 0. The lowest BCUT2D eigenvalue weighted by Gasteiger charge is -2.24. The molecule has 0 N–H and O–H groups in total. The molecular formula is C19H33ClN2O2. The van der Waals surface area contributed by atoms with Crippen LogP contribution in [0.25, 0.3) is 0 Å². The molecular weight excluding hydrogens is 324 g/mol. The number of hydrogen-bond acceptors (Lipinski definition) is 4. The van der Waals surface area contributed by atoms with E-state index in [4.69, 9.17) is 4.74 Å². The maximum atomic E-state index is 12.0. The highest BCUT2D eigenvalue weighted by Crippen LogP contribution is 2.17. The maximum absolute atomic E-state index is 12.0. The molecule has 1 rings (SSSR count). The first-order valence-corrected chi connectivity index (χ1v) is 8.75. The molecule has 0 aromatic heterocycles. The molecule has 0 unspecified atom stereocenters. The number of rotatable bonds is 11. The molecule has 0 saturated carbocycles. The Morgan fingerprint density at radius 3 is 1.96 bits per heavy atom. The van der Waals surface area contributed by atoms with Gasteiger partial charge in [0.25, 0.3) is 0 Å². The Balaban J connectivity index is 0.00000529. The highest BCUT2D eigenvalue weighted by Gasteiger charge is 2.10. The summed E-state index contributed by atoms with van der Waals surface area (Å²) >= 11 is 0. The second-order valence-corrected chi connectivity index (χ2v) is 6.18. The third kappa shape index (κ3) is 8.55. The summed E-state index contributed by atoms with van der Waals surface area (Å²) in [4.78, 5) is 16.4. The zero-order valence-electron chi connectivity index (χ0n) is 15.6.